The summed E-state index contributed by atoms with van der Waals surface area (Å²) in [6, 6.07) is 4.32. The molecule has 2 rings (SSSR count). The van der Waals surface area contributed by atoms with Crippen LogP contribution in [0, 0.1) is 5.92 Å². The summed E-state index contributed by atoms with van der Waals surface area (Å²) in [4.78, 5) is 9.50. The van der Waals surface area contributed by atoms with Crippen LogP contribution < -0.4 is 10.2 Å². The fourth-order valence-electron chi connectivity index (χ4n) is 2.69. The van der Waals surface area contributed by atoms with Crippen molar-refractivity contribution >= 4 is 5.82 Å². The summed E-state index contributed by atoms with van der Waals surface area (Å²) in [6.45, 7) is 14.3. The Morgan fingerprint density at radius 3 is 2.65 bits per heavy atom. The van der Waals surface area contributed by atoms with Crippen LogP contribution in [0.2, 0.25) is 0 Å². The van der Waals surface area contributed by atoms with E-state index < -0.39 is 0 Å². The number of hydrogen-bond acceptors (Lipinski definition) is 4. The molecule has 0 saturated carbocycles. The number of aromatic nitrogens is 1. The third-order valence-corrected chi connectivity index (χ3v) is 3.71. The SMILES string of the molecule is CCNCc1ccnc(N2CCN(CC(C)C)CC2)c1. The molecule has 4 heteroatoms. The molecule has 1 fully saturated rings. The molecule has 0 radical (unpaired) electrons. The van der Waals surface area contributed by atoms with Crippen molar-refractivity contribution in [2.75, 3.05) is 44.2 Å². The Labute approximate surface area is 123 Å². The summed E-state index contributed by atoms with van der Waals surface area (Å²) in [7, 11) is 0. The van der Waals surface area contributed by atoms with Gasteiger partial charge >= 0.3 is 0 Å². The van der Waals surface area contributed by atoms with Gasteiger partial charge in [0.15, 0.2) is 0 Å². The van der Waals surface area contributed by atoms with Crippen molar-refractivity contribution in [1.29, 1.82) is 0 Å². The first kappa shape index (κ1) is 15.3. The number of pyridine rings is 1. The molecule has 2 heterocycles. The monoisotopic (exact) mass is 276 g/mol. The zero-order valence-corrected chi connectivity index (χ0v) is 13.1. The van der Waals surface area contributed by atoms with Crippen molar-refractivity contribution in [1.82, 2.24) is 15.2 Å². The van der Waals surface area contributed by atoms with E-state index in [0.717, 1.165) is 51.0 Å². The summed E-state index contributed by atoms with van der Waals surface area (Å²) >= 11 is 0. The van der Waals surface area contributed by atoms with E-state index in [0.29, 0.717) is 0 Å². The topological polar surface area (TPSA) is 31.4 Å². The molecule has 0 spiro atoms. The first-order valence-corrected chi connectivity index (χ1v) is 7.82. The molecule has 20 heavy (non-hydrogen) atoms. The molecular weight excluding hydrogens is 248 g/mol. The molecule has 0 aliphatic carbocycles. The van der Waals surface area contributed by atoms with E-state index in [9.17, 15) is 0 Å². The van der Waals surface area contributed by atoms with Crippen LogP contribution in [0.4, 0.5) is 5.82 Å². The highest BCUT2D eigenvalue weighted by Crippen LogP contribution is 2.15. The summed E-state index contributed by atoms with van der Waals surface area (Å²) < 4.78 is 0. The second kappa shape index (κ2) is 7.60. The van der Waals surface area contributed by atoms with Gasteiger partial charge in [0.1, 0.15) is 5.82 Å². The van der Waals surface area contributed by atoms with Crippen LogP contribution in [0.15, 0.2) is 18.3 Å². The van der Waals surface area contributed by atoms with Crippen LogP contribution in [0.1, 0.15) is 26.3 Å². The molecule has 1 aromatic rings. The molecule has 0 aromatic carbocycles. The van der Waals surface area contributed by atoms with Gasteiger partial charge in [0, 0.05) is 45.5 Å². The lowest BCUT2D eigenvalue weighted by atomic mass is 10.2. The van der Waals surface area contributed by atoms with E-state index in [1.165, 1.54) is 12.1 Å². The van der Waals surface area contributed by atoms with Crippen molar-refractivity contribution < 1.29 is 0 Å². The van der Waals surface area contributed by atoms with Gasteiger partial charge < -0.3 is 10.2 Å². The highest BCUT2D eigenvalue weighted by molar-refractivity contribution is 5.41. The van der Waals surface area contributed by atoms with Crippen LogP contribution >= 0.6 is 0 Å². The van der Waals surface area contributed by atoms with Crippen molar-refractivity contribution in [2.45, 2.75) is 27.3 Å². The Hall–Kier alpha value is -1.13. The predicted octanol–water partition coefficient (Wildman–Crippen LogP) is 1.97. The first-order valence-electron chi connectivity index (χ1n) is 7.82. The molecule has 0 amide bonds. The van der Waals surface area contributed by atoms with E-state index >= 15 is 0 Å². The van der Waals surface area contributed by atoms with E-state index in [2.05, 4.69) is 53.0 Å². The number of nitrogens with zero attached hydrogens (tertiary/aromatic N) is 3. The van der Waals surface area contributed by atoms with E-state index in [1.807, 2.05) is 6.20 Å². The van der Waals surface area contributed by atoms with Gasteiger partial charge in [0.25, 0.3) is 0 Å². The van der Waals surface area contributed by atoms with Crippen molar-refractivity contribution in [3.8, 4) is 0 Å². The molecule has 1 saturated heterocycles. The highest BCUT2D eigenvalue weighted by atomic mass is 15.3. The maximum atomic E-state index is 4.54. The number of nitrogens with one attached hydrogen (secondary N) is 1. The van der Waals surface area contributed by atoms with Crippen molar-refractivity contribution in [2.24, 2.45) is 5.92 Å². The fourth-order valence-corrected chi connectivity index (χ4v) is 2.69. The molecule has 112 valence electrons. The minimum Gasteiger partial charge on any atom is -0.354 e. The van der Waals surface area contributed by atoms with Crippen LogP contribution in [-0.2, 0) is 6.54 Å². The van der Waals surface area contributed by atoms with Crippen LogP contribution in [0.25, 0.3) is 0 Å². The average molecular weight is 276 g/mol. The number of piperazine rings is 1. The summed E-state index contributed by atoms with van der Waals surface area (Å²) in [5.41, 5.74) is 1.32. The molecule has 1 N–H and O–H groups in total. The van der Waals surface area contributed by atoms with Crippen LogP contribution in [0.5, 0.6) is 0 Å². The van der Waals surface area contributed by atoms with Gasteiger partial charge in [0.2, 0.25) is 0 Å². The molecule has 0 bridgehead atoms. The fraction of sp³-hybridized carbons (Fsp3) is 0.688. The first-order chi connectivity index (χ1) is 9.69. The molecular formula is C16H28N4. The zero-order valence-electron chi connectivity index (χ0n) is 13.1. The second-order valence-electron chi connectivity index (χ2n) is 5.98. The molecule has 1 aliphatic rings. The summed E-state index contributed by atoms with van der Waals surface area (Å²) in [5, 5.41) is 3.37. The quantitative estimate of drug-likeness (QED) is 0.861. The Morgan fingerprint density at radius 1 is 1.25 bits per heavy atom. The molecule has 1 aliphatic heterocycles. The Kier molecular flexibility index (Phi) is 5.80. The summed E-state index contributed by atoms with van der Waals surface area (Å²) in [6.07, 6.45) is 1.93. The molecule has 4 nitrogen and oxygen atoms in total. The zero-order chi connectivity index (χ0) is 14.4. The van der Waals surface area contributed by atoms with Gasteiger partial charge in [-0.2, -0.15) is 0 Å². The largest absolute Gasteiger partial charge is 0.354 e. The van der Waals surface area contributed by atoms with E-state index in [1.54, 1.807) is 0 Å². The minimum atomic E-state index is 0.753. The lowest BCUT2D eigenvalue weighted by Gasteiger charge is -2.36. The van der Waals surface area contributed by atoms with Gasteiger partial charge in [-0.25, -0.2) is 4.98 Å². The normalized spacial score (nSPS) is 16.9. The Balaban J connectivity index is 1.89. The lowest BCUT2D eigenvalue weighted by molar-refractivity contribution is 0.231. The maximum absolute atomic E-state index is 4.54. The van der Waals surface area contributed by atoms with Gasteiger partial charge in [0.05, 0.1) is 0 Å². The average Bonchev–Trinajstić information content (AvgIpc) is 2.45. The van der Waals surface area contributed by atoms with Crippen LogP contribution in [0.3, 0.4) is 0 Å². The van der Waals surface area contributed by atoms with Gasteiger partial charge in [-0.1, -0.05) is 20.8 Å². The van der Waals surface area contributed by atoms with Gasteiger partial charge in [-0.05, 0) is 30.2 Å². The predicted molar refractivity (Wildman–Crippen MR) is 85.1 cm³/mol. The Bertz CT molecular complexity index is 397. The smallest absolute Gasteiger partial charge is 0.128 e. The number of hydrogen-bond donors (Lipinski definition) is 1. The van der Waals surface area contributed by atoms with Crippen LogP contribution in [-0.4, -0.2) is 49.2 Å². The third-order valence-electron chi connectivity index (χ3n) is 3.71. The van der Waals surface area contributed by atoms with Crippen molar-refractivity contribution in [3.63, 3.8) is 0 Å². The number of rotatable bonds is 6. The highest BCUT2D eigenvalue weighted by Gasteiger charge is 2.18. The van der Waals surface area contributed by atoms with E-state index in [4.69, 9.17) is 0 Å². The molecule has 0 atom stereocenters. The van der Waals surface area contributed by atoms with Gasteiger partial charge in [-0.15, -0.1) is 0 Å². The van der Waals surface area contributed by atoms with Gasteiger partial charge in [-0.3, -0.25) is 4.90 Å². The molecule has 0 unspecified atom stereocenters. The van der Waals surface area contributed by atoms with Crippen molar-refractivity contribution in [3.05, 3.63) is 23.9 Å². The molecule has 1 aromatic heterocycles. The maximum Gasteiger partial charge on any atom is 0.128 e. The lowest BCUT2D eigenvalue weighted by Crippen LogP contribution is -2.47. The minimum absolute atomic E-state index is 0.753. The number of anilines is 1. The third kappa shape index (κ3) is 4.46. The van der Waals surface area contributed by atoms with E-state index in [-0.39, 0.29) is 0 Å². The Morgan fingerprint density at radius 2 is 2.00 bits per heavy atom. The standard InChI is InChI=1S/C16H28N4/c1-4-17-12-15-5-6-18-16(11-15)20-9-7-19(8-10-20)13-14(2)3/h5-6,11,14,17H,4,7-10,12-13H2,1-3H3. The second-order valence-corrected chi connectivity index (χ2v) is 5.98. The summed E-state index contributed by atoms with van der Waals surface area (Å²) in [5.74, 6) is 1.88.